The average molecular weight is 363 g/mol. The topological polar surface area (TPSA) is 84.9 Å². The Bertz CT molecular complexity index is 744. The van der Waals surface area contributed by atoms with E-state index in [9.17, 15) is 19.1 Å². The molecule has 1 aromatic carbocycles. The Balaban J connectivity index is 2.46. The zero-order valence-electron chi connectivity index (χ0n) is 15.6. The van der Waals surface area contributed by atoms with Crippen LogP contribution in [0, 0.1) is 5.82 Å². The molecule has 8 heteroatoms. The molecule has 140 valence electrons. The fourth-order valence-corrected chi connectivity index (χ4v) is 2.47. The van der Waals surface area contributed by atoms with Gasteiger partial charge in [0.2, 0.25) is 5.91 Å². The van der Waals surface area contributed by atoms with Crippen LogP contribution in [-0.2, 0) is 14.1 Å². The lowest BCUT2D eigenvalue weighted by Crippen LogP contribution is -2.41. The fraction of sp³-hybridized carbons (Fsp3) is 0.444. The van der Waals surface area contributed by atoms with Gasteiger partial charge in [-0.2, -0.15) is 0 Å². The van der Waals surface area contributed by atoms with E-state index in [1.807, 2.05) is 27.7 Å². The third-order valence-electron chi connectivity index (χ3n) is 4.68. The average Bonchev–Trinajstić information content (AvgIpc) is 2.71. The van der Waals surface area contributed by atoms with Crippen molar-refractivity contribution in [2.45, 2.75) is 45.8 Å². The Morgan fingerprint density at radius 1 is 1.23 bits per heavy atom. The molecule has 0 saturated carbocycles. The second kappa shape index (κ2) is 7.21. The first-order valence-electron chi connectivity index (χ1n) is 8.26. The number of carbonyl (C=O) groups excluding carboxylic acids is 1. The first-order valence-corrected chi connectivity index (χ1v) is 8.26. The molecule has 0 unspecified atom stereocenters. The molecule has 2 N–H and O–H groups in total. The van der Waals surface area contributed by atoms with Crippen LogP contribution in [0.2, 0.25) is 0 Å². The largest absolute Gasteiger partial charge is 0.492 e. The SMILES string of the molecule is CC(=O)NCC(=Cc1cc(F)ccc1C(=O)O)B1OC(C)(C)C(C)(C)O1. The highest BCUT2D eigenvalue weighted by Gasteiger charge is 2.52. The molecule has 0 radical (unpaired) electrons. The molecule has 1 saturated heterocycles. The van der Waals surface area contributed by atoms with Gasteiger partial charge in [0, 0.05) is 13.5 Å². The van der Waals surface area contributed by atoms with Gasteiger partial charge >= 0.3 is 13.1 Å². The van der Waals surface area contributed by atoms with E-state index in [2.05, 4.69) is 5.32 Å². The first-order chi connectivity index (χ1) is 11.9. The van der Waals surface area contributed by atoms with E-state index in [1.54, 1.807) is 0 Å². The van der Waals surface area contributed by atoms with E-state index in [0.717, 1.165) is 12.1 Å². The highest BCUT2D eigenvalue weighted by atomic mass is 19.1. The van der Waals surface area contributed by atoms with Crippen molar-refractivity contribution in [1.82, 2.24) is 5.32 Å². The van der Waals surface area contributed by atoms with Crippen LogP contribution >= 0.6 is 0 Å². The van der Waals surface area contributed by atoms with Crippen LogP contribution in [0.4, 0.5) is 4.39 Å². The van der Waals surface area contributed by atoms with Gasteiger partial charge in [-0.05, 0) is 56.9 Å². The lowest BCUT2D eigenvalue weighted by atomic mass is 9.76. The summed E-state index contributed by atoms with van der Waals surface area (Å²) in [7, 11) is -0.795. The molecular formula is C18H23BFNO5. The number of carbonyl (C=O) groups is 2. The van der Waals surface area contributed by atoms with Gasteiger partial charge in [-0.1, -0.05) is 6.08 Å². The van der Waals surface area contributed by atoms with E-state index < -0.39 is 30.1 Å². The highest BCUT2D eigenvalue weighted by molar-refractivity contribution is 6.56. The van der Waals surface area contributed by atoms with Crippen molar-refractivity contribution in [2.75, 3.05) is 6.54 Å². The third kappa shape index (κ3) is 4.31. The minimum absolute atomic E-state index is 0.0526. The van der Waals surface area contributed by atoms with Gasteiger partial charge in [0.1, 0.15) is 5.82 Å². The Morgan fingerprint density at radius 2 is 1.81 bits per heavy atom. The van der Waals surface area contributed by atoms with Crippen molar-refractivity contribution in [3.63, 3.8) is 0 Å². The van der Waals surface area contributed by atoms with Gasteiger partial charge in [-0.15, -0.1) is 0 Å². The summed E-state index contributed by atoms with van der Waals surface area (Å²) in [5, 5.41) is 12.0. The minimum atomic E-state index is -1.18. The van der Waals surface area contributed by atoms with Crippen molar-refractivity contribution in [3.8, 4) is 0 Å². The Labute approximate surface area is 152 Å². The van der Waals surface area contributed by atoms with Crippen LogP contribution < -0.4 is 5.32 Å². The smallest absolute Gasteiger partial charge is 0.478 e. The number of hydrogen-bond acceptors (Lipinski definition) is 4. The Hall–Kier alpha value is -2.19. The minimum Gasteiger partial charge on any atom is -0.478 e. The molecule has 1 aliphatic heterocycles. The quantitative estimate of drug-likeness (QED) is 0.786. The number of hydrogen-bond donors (Lipinski definition) is 2. The maximum Gasteiger partial charge on any atom is 0.492 e. The molecule has 1 fully saturated rings. The molecule has 2 rings (SSSR count). The molecule has 26 heavy (non-hydrogen) atoms. The predicted octanol–water partition coefficient (Wildman–Crippen LogP) is 2.67. The zero-order chi connectivity index (χ0) is 19.7. The molecule has 1 amide bonds. The molecule has 1 heterocycles. The Morgan fingerprint density at radius 3 is 2.31 bits per heavy atom. The van der Waals surface area contributed by atoms with Crippen molar-refractivity contribution in [3.05, 3.63) is 40.6 Å². The Kier molecular flexibility index (Phi) is 5.58. The number of carboxylic acid groups (broad SMARTS) is 1. The normalized spacial score (nSPS) is 18.7. The van der Waals surface area contributed by atoms with Gasteiger partial charge in [0.15, 0.2) is 0 Å². The summed E-state index contributed by atoms with van der Waals surface area (Å²) in [5.41, 5.74) is -0.600. The highest BCUT2D eigenvalue weighted by Crippen LogP contribution is 2.38. The second-order valence-corrected chi connectivity index (χ2v) is 7.25. The molecule has 1 aliphatic rings. The van der Waals surface area contributed by atoms with E-state index in [-0.39, 0.29) is 23.6 Å². The number of carboxylic acids is 1. The van der Waals surface area contributed by atoms with Crippen molar-refractivity contribution in [1.29, 1.82) is 0 Å². The van der Waals surface area contributed by atoms with E-state index in [1.165, 1.54) is 19.1 Å². The lowest BCUT2D eigenvalue weighted by molar-refractivity contribution is -0.118. The first kappa shape index (κ1) is 20.1. The fourth-order valence-electron chi connectivity index (χ4n) is 2.47. The second-order valence-electron chi connectivity index (χ2n) is 7.25. The van der Waals surface area contributed by atoms with Crippen molar-refractivity contribution >= 4 is 25.1 Å². The summed E-state index contributed by atoms with van der Waals surface area (Å²) < 4.78 is 25.6. The summed E-state index contributed by atoms with van der Waals surface area (Å²) in [4.78, 5) is 22.7. The number of benzene rings is 1. The molecule has 0 aromatic heterocycles. The number of amides is 1. The standard InChI is InChI=1S/C18H23BFNO5/c1-11(22)21-10-13(19-25-17(2,3)18(4,5)26-19)8-12-9-14(20)6-7-15(12)16(23)24/h6-9H,10H2,1-5H3,(H,21,22)(H,23,24). The van der Waals surface area contributed by atoms with Gasteiger partial charge in [0.05, 0.1) is 16.8 Å². The molecular weight excluding hydrogens is 340 g/mol. The van der Waals surface area contributed by atoms with Gasteiger partial charge in [-0.25, -0.2) is 9.18 Å². The molecule has 0 atom stereocenters. The van der Waals surface area contributed by atoms with Crippen LogP contribution in [-0.4, -0.2) is 41.8 Å². The summed E-state index contributed by atoms with van der Waals surface area (Å²) in [6, 6.07) is 3.41. The summed E-state index contributed by atoms with van der Waals surface area (Å²) in [5.74, 6) is -2.00. The molecule has 6 nitrogen and oxygen atoms in total. The van der Waals surface area contributed by atoms with E-state index in [0.29, 0.717) is 5.47 Å². The van der Waals surface area contributed by atoms with Crippen LogP contribution in [0.15, 0.2) is 23.7 Å². The van der Waals surface area contributed by atoms with E-state index >= 15 is 0 Å². The molecule has 0 spiro atoms. The van der Waals surface area contributed by atoms with Gasteiger partial charge in [0.25, 0.3) is 0 Å². The lowest BCUT2D eigenvalue weighted by Gasteiger charge is -2.32. The van der Waals surface area contributed by atoms with Crippen molar-refractivity contribution in [2.24, 2.45) is 0 Å². The molecule has 1 aromatic rings. The molecule has 0 aliphatic carbocycles. The predicted molar refractivity (Wildman–Crippen MR) is 96.1 cm³/mol. The van der Waals surface area contributed by atoms with E-state index in [4.69, 9.17) is 9.31 Å². The monoisotopic (exact) mass is 363 g/mol. The van der Waals surface area contributed by atoms with Gasteiger partial charge < -0.3 is 19.7 Å². The summed E-state index contributed by atoms with van der Waals surface area (Å²) >= 11 is 0. The third-order valence-corrected chi connectivity index (χ3v) is 4.68. The number of halogens is 1. The maximum atomic E-state index is 13.6. The summed E-state index contributed by atoms with van der Waals surface area (Å²) in [6.45, 7) is 8.98. The van der Waals surface area contributed by atoms with Crippen LogP contribution in [0.1, 0.15) is 50.5 Å². The van der Waals surface area contributed by atoms with Gasteiger partial charge in [-0.3, -0.25) is 4.79 Å². The maximum absolute atomic E-state index is 13.6. The summed E-state index contributed by atoms with van der Waals surface area (Å²) in [6.07, 6.45) is 1.49. The number of rotatable bonds is 5. The van der Waals surface area contributed by atoms with Crippen LogP contribution in [0.5, 0.6) is 0 Å². The zero-order valence-corrected chi connectivity index (χ0v) is 15.6. The number of nitrogens with one attached hydrogen (secondary N) is 1. The van der Waals surface area contributed by atoms with Crippen molar-refractivity contribution < 1.29 is 28.4 Å². The number of aromatic carboxylic acids is 1. The van der Waals surface area contributed by atoms with Crippen LogP contribution in [0.25, 0.3) is 6.08 Å². The molecule has 0 bridgehead atoms. The van der Waals surface area contributed by atoms with Crippen LogP contribution in [0.3, 0.4) is 0 Å².